The van der Waals surface area contributed by atoms with Crippen molar-refractivity contribution in [2.45, 2.75) is 6.54 Å². The molecule has 62 valence electrons. The molecule has 1 aliphatic rings. The lowest BCUT2D eigenvalue weighted by atomic mass is 10.1. The molecule has 0 bridgehead atoms. The fraction of sp³-hybridized carbons (Fsp3) is 0.125. The normalized spacial score (nSPS) is 14.3. The van der Waals surface area contributed by atoms with Gasteiger partial charge >= 0.3 is 0 Å². The van der Waals surface area contributed by atoms with Crippen LogP contribution in [0.4, 0.5) is 4.39 Å². The molecule has 0 fully saturated rings. The van der Waals surface area contributed by atoms with Crippen molar-refractivity contribution in [3.8, 4) is 0 Å². The highest BCUT2D eigenvalue weighted by atomic mass is 79.9. The number of amides is 1. The maximum absolute atomic E-state index is 13.0. The highest BCUT2D eigenvalue weighted by Crippen LogP contribution is 2.26. The molecule has 1 heterocycles. The summed E-state index contributed by atoms with van der Waals surface area (Å²) < 4.78 is 13.8. The minimum absolute atomic E-state index is 0.171. The number of halogens is 2. The summed E-state index contributed by atoms with van der Waals surface area (Å²) in [6.07, 6.45) is 0. The average Bonchev–Trinajstić information content (AvgIpc) is 2.42. The van der Waals surface area contributed by atoms with Gasteiger partial charge in [-0.2, -0.15) is 0 Å². The number of hydrogen-bond donors (Lipinski definition) is 1. The van der Waals surface area contributed by atoms with Crippen LogP contribution in [0.1, 0.15) is 15.9 Å². The van der Waals surface area contributed by atoms with Crippen LogP contribution in [-0.2, 0) is 6.54 Å². The monoisotopic (exact) mass is 229 g/mol. The number of rotatable bonds is 0. The van der Waals surface area contributed by atoms with E-state index in [1.165, 1.54) is 6.07 Å². The highest BCUT2D eigenvalue weighted by molar-refractivity contribution is 9.10. The number of fused-ring (bicyclic) bond motifs is 1. The SMILES string of the molecule is O=C1NCc2c(Br)ccc(F)c21. The predicted octanol–water partition coefficient (Wildman–Crippen LogP) is 1.83. The molecule has 1 aromatic rings. The van der Waals surface area contributed by atoms with Gasteiger partial charge in [0, 0.05) is 16.6 Å². The fourth-order valence-corrected chi connectivity index (χ4v) is 1.74. The summed E-state index contributed by atoms with van der Waals surface area (Å²) in [6, 6.07) is 2.89. The summed E-state index contributed by atoms with van der Waals surface area (Å²) in [4.78, 5) is 11.1. The van der Waals surface area contributed by atoms with Crippen LogP contribution in [0, 0.1) is 5.82 Å². The van der Waals surface area contributed by atoms with E-state index in [1.807, 2.05) is 0 Å². The molecule has 0 aromatic heterocycles. The smallest absolute Gasteiger partial charge is 0.254 e. The Bertz CT molecular complexity index is 364. The molecule has 1 amide bonds. The second kappa shape index (κ2) is 2.55. The largest absolute Gasteiger partial charge is 0.348 e. The van der Waals surface area contributed by atoms with Crippen molar-refractivity contribution in [3.63, 3.8) is 0 Å². The Balaban J connectivity index is 2.72. The molecule has 0 saturated heterocycles. The van der Waals surface area contributed by atoms with Gasteiger partial charge in [-0.1, -0.05) is 15.9 Å². The molecule has 0 saturated carbocycles. The first-order chi connectivity index (χ1) is 5.70. The zero-order valence-corrected chi connectivity index (χ0v) is 7.61. The van der Waals surface area contributed by atoms with E-state index in [-0.39, 0.29) is 11.5 Å². The lowest BCUT2D eigenvalue weighted by Gasteiger charge is -1.99. The molecular weight excluding hydrogens is 225 g/mol. The summed E-state index contributed by atoms with van der Waals surface area (Å²) in [5.74, 6) is -0.785. The number of carbonyl (C=O) groups excluding carboxylic acids is 1. The van der Waals surface area contributed by atoms with Gasteiger partial charge in [-0.25, -0.2) is 4.39 Å². The van der Waals surface area contributed by atoms with Crippen LogP contribution >= 0.6 is 15.9 Å². The molecule has 0 spiro atoms. The predicted molar refractivity (Wildman–Crippen MR) is 45.3 cm³/mol. The van der Waals surface area contributed by atoms with Crippen molar-refractivity contribution in [2.24, 2.45) is 0 Å². The van der Waals surface area contributed by atoms with E-state index in [2.05, 4.69) is 21.2 Å². The van der Waals surface area contributed by atoms with Gasteiger partial charge < -0.3 is 5.32 Å². The number of nitrogens with one attached hydrogen (secondary N) is 1. The van der Waals surface area contributed by atoms with Crippen molar-refractivity contribution < 1.29 is 9.18 Å². The molecule has 0 aliphatic carbocycles. The van der Waals surface area contributed by atoms with Gasteiger partial charge in [0.2, 0.25) is 0 Å². The topological polar surface area (TPSA) is 29.1 Å². The van der Waals surface area contributed by atoms with E-state index in [1.54, 1.807) is 6.07 Å². The van der Waals surface area contributed by atoms with Gasteiger partial charge in [0.1, 0.15) is 5.82 Å². The van der Waals surface area contributed by atoms with Crippen LogP contribution < -0.4 is 5.32 Å². The Kier molecular flexibility index (Phi) is 1.65. The number of benzene rings is 1. The van der Waals surface area contributed by atoms with Crippen LogP contribution in [0.15, 0.2) is 16.6 Å². The van der Waals surface area contributed by atoms with Crippen molar-refractivity contribution in [3.05, 3.63) is 33.5 Å². The molecule has 0 unspecified atom stereocenters. The van der Waals surface area contributed by atoms with Crippen LogP contribution in [0.25, 0.3) is 0 Å². The summed E-state index contributed by atoms with van der Waals surface area (Å²) >= 11 is 3.25. The van der Waals surface area contributed by atoms with E-state index in [0.717, 1.165) is 4.47 Å². The third-order valence-corrected chi connectivity index (χ3v) is 2.60. The van der Waals surface area contributed by atoms with Gasteiger partial charge in [-0.3, -0.25) is 4.79 Å². The number of carbonyl (C=O) groups is 1. The molecule has 2 nitrogen and oxygen atoms in total. The Hall–Kier alpha value is -0.900. The quantitative estimate of drug-likeness (QED) is 0.723. The first-order valence-corrected chi connectivity index (χ1v) is 4.24. The van der Waals surface area contributed by atoms with Crippen molar-refractivity contribution >= 4 is 21.8 Å². The van der Waals surface area contributed by atoms with Gasteiger partial charge in [0.25, 0.3) is 5.91 Å². The van der Waals surface area contributed by atoms with Crippen LogP contribution in [0.2, 0.25) is 0 Å². The summed E-state index contributed by atoms with van der Waals surface area (Å²) in [5, 5.41) is 2.56. The van der Waals surface area contributed by atoms with E-state index < -0.39 is 5.82 Å². The second-order valence-electron chi connectivity index (χ2n) is 2.57. The Morgan fingerprint density at radius 1 is 1.50 bits per heavy atom. The van der Waals surface area contributed by atoms with E-state index in [9.17, 15) is 9.18 Å². The Labute approximate surface area is 76.9 Å². The Morgan fingerprint density at radius 3 is 2.92 bits per heavy atom. The van der Waals surface area contributed by atoms with Crippen molar-refractivity contribution in [1.82, 2.24) is 5.32 Å². The maximum Gasteiger partial charge on any atom is 0.254 e. The summed E-state index contributed by atoms with van der Waals surface area (Å²) in [7, 11) is 0. The lowest BCUT2D eigenvalue weighted by molar-refractivity contribution is 0.0962. The van der Waals surface area contributed by atoms with Crippen LogP contribution in [0.5, 0.6) is 0 Å². The van der Waals surface area contributed by atoms with Crippen LogP contribution in [0.3, 0.4) is 0 Å². The van der Waals surface area contributed by atoms with Crippen molar-refractivity contribution in [1.29, 1.82) is 0 Å². The third-order valence-electron chi connectivity index (χ3n) is 1.86. The van der Waals surface area contributed by atoms with Crippen molar-refractivity contribution in [2.75, 3.05) is 0 Å². The summed E-state index contributed by atoms with van der Waals surface area (Å²) in [6.45, 7) is 0.409. The van der Waals surface area contributed by atoms with Gasteiger partial charge in [-0.15, -0.1) is 0 Å². The third kappa shape index (κ3) is 0.948. The minimum Gasteiger partial charge on any atom is -0.348 e. The molecule has 4 heteroatoms. The highest BCUT2D eigenvalue weighted by Gasteiger charge is 2.24. The molecule has 2 rings (SSSR count). The molecule has 1 N–H and O–H groups in total. The van der Waals surface area contributed by atoms with E-state index in [0.29, 0.717) is 12.1 Å². The minimum atomic E-state index is -0.455. The zero-order valence-electron chi connectivity index (χ0n) is 6.03. The van der Waals surface area contributed by atoms with E-state index in [4.69, 9.17) is 0 Å². The Morgan fingerprint density at radius 2 is 2.25 bits per heavy atom. The molecule has 0 atom stereocenters. The van der Waals surface area contributed by atoms with Gasteiger partial charge in [0.05, 0.1) is 5.56 Å². The summed E-state index contributed by atoms with van der Waals surface area (Å²) in [5.41, 5.74) is 0.879. The second-order valence-corrected chi connectivity index (χ2v) is 3.42. The maximum atomic E-state index is 13.0. The lowest BCUT2D eigenvalue weighted by Crippen LogP contribution is -2.13. The first-order valence-electron chi connectivity index (χ1n) is 3.45. The molecule has 1 aliphatic heterocycles. The molecule has 12 heavy (non-hydrogen) atoms. The van der Waals surface area contributed by atoms with Gasteiger partial charge in [0.15, 0.2) is 0 Å². The zero-order chi connectivity index (χ0) is 8.72. The van der Waals surface area contributed by atoms with Gasteiger partial charge in [-0.05, 0) is 12.1 Å². The van der Waals surface area contributed by atoms with Crippen LogP contribution in [-0.4, -0.2) is 5.91 Å². The molecule has 0 radical (unpaired) electrons. The van der Waals surface area contributed by atoms with E-state index >= 15 is 0 Å². The molecule has 1 aromatic carbocycles. The average molecular weight is 230 g/mol. The molecular formula is C8H5BrFNO. The fourth-order valence-electron chi connectivity index (χ4n) is 1.27. The number of hydrogen-bond acceptors (Lipinski definition) is 1. The standard InChI is InChI=1S/C8H5BrFNO/c9-5-1-2-6(10)7-4(5)3-11-8(7)12/h1-2H,3H2,(H,11,12). The first kappa shape index (κ1) is 7.73.